The number of hydrogen-bond acceptors (Lipinski definition) is 6. The highest BCUT2D eigenvalue weighted by molar-refractivity contribution is 9.10. The summed E-state index contributed by atoms with van der Waals surface area (Å²) in [5.41, 5.74) is 1.44. The summed E-state index contributed by atoms with van der Waals surface area (Å²) >= 11 is 8.78. The minimum Gasteiger partial charge on any atom is -0.463 e. The van der Waals surface area contributed by atoms with Crippen LogP contribution in [0.15, 0.2) is 22.7 Å². The first-order valence-electron chi connectivity index (χ1n) is 9.78. The third kappa shape index (κ3) is 5.77. The lowest BCUT2D eigenvalue weighted by molar-refractivity contribution is -0.150. The van der Waals surface area contributed by atoms with Gasteiger partial charge in [0.05, 0.1) is 12.5 Å². The van der Waals surface area contributed by atoms with Crippen molar-refractivity contribution < 1.29 is 23.9 Å². The predicted octanol–water partition coefficient (Wildman–Crippen LogP) is 1.68. The average molecular weight is 498 g/mol. The van der Waals surface area contributed by atoms with E-state index < -0.39 is 12.0 Å². The number of rotatable bonds is 5. The van der Waals surface area contributed by atoms with Crippen LogP contribution in [0.25, 0.3) is 0 Å². The average Bonchev–Trinajstić information content (AvgIpc) is 3.23. The van der Waals surface area contributed by atoms with Gasteiger partial charge in [-0.2, -0.15) is 0 Å². The van der Waals surface area contributed by atoms with E-state index in [1.165, 1.54) is 0 Å². The number of carbonyl (C=O) groups is 3. The molecule has 0 spiro atoms. The molecule has 162 valence electrons. The zero-order valence-corrected chi connectivity index (χ0v) is 19.0. The maximum Gasteiger partial charge on any atom is 0.308 e. The molecule has 0 aromatic heterocycles. The van der Waals surface area contributed by atoms with Crippen molar-refractivity contribution in [2.45, 2.75) is 38.3 Å². The Hall–Kier alpha value is -2.04. The van der Waals surface area contributed by atoms with Crippen LogP contribution in [0.3, 0.4) is 0 Å². The van der Waals surface area contributed by atoms with Gasteiger partial charge in [-0.15, -0.1) is 0 Å². The highest BCUT2D eigenvalue weighted by Gasteiger charge is 2.34. The molecule has 2 unspecified atom stereocenters. The predicted molar refractivity (Wildman–Crippen MR) is 117 cm³/mol. The fourth-order valence-electron chi connectivity index (χ4n) is 3.31. The van der Waals surface area contributed by atoms with Gasteiger partial charge in [0.1, 0.15) is 12.6 Å². The third-order valence-corrected chi connectivity index (χ3v) is 6.25. The number of nitrogens with zero attached hydrogens (tertiary/aromatic N) is 1. The minimum atomic E-state index is -0.840. The van der Waals surface area contributed by atoms with E-state index in [-0.39, 0.29) is 36.1 Å². The first-order valence-corrected chi connectivity index (χ1v) is 11.0. The Morgan fingerprint density at radius 3 is 2.93 bits per heavy atom. The number of hydrogen-bond donors (Lipinski definition) is 2. The van der Waals surface area contributed by atoms with Gasteiger partial charge in [0.2, 0.25) is 5.91 Å². The van der Waals surface area contributed by atoms with Crippen molar-refractivity contribution in [2.24, 2.45) is 0 Å². The summed E-state index contributed by atoms with van der Waals surface area (Å²) in [5.74, 6) is -1.22. The standard InChI is InChI=1S/C20H24BrN3O5S/c1-12-4-5-13(9-15(12)21)18(26)23-20(30)24-7-6-22-19(27)16(24)10-17(25)29-11-14-3-2-8-28-14/h4-5,9,14,16H,2-3,6-8,10-11H2,1H3,(H,22,27)(H,23,26,30). The number of piperazine rings is 1. The second-order valence-corrected chi connectivity index (χ2v) is 8.49. The molecule has 2 aliphatic rings. The van der Waals surface area contributed by atoms with Gasteiger partial charge >= 0.3 is 5.97 Å². The molecule has 8 nitrogen and oxygen atoms in total. The van der Waals surface area contributed by atoms with Crippen LogP contribution in [0.1, 0.15) is 35.2 Å². The van der Waals surface area contributed by atoms with Gasteiger partial charge in [0.15, 0.2) is 5.11 Å². The number of ether oxygens (including phenoxy) is 2. The molecule has 0 aliphatic carbocycles. The van der Waals surface area contributed by atoms with E-state index in [2.05, 4.69) is 26.6 Å². The number of esters is 1. The van der Waals surface area contributed by atoms with E-state index in [0.29, 0.717) is 25.3 Å². The number of amides is 2. The summed E-state index contributed by atoms with van der Waals surface area (Å²) in [6, 6.07) is 4.38. The van der Waals surface area contributed by atoms with E-state index in [1.54, 1.807) is 17.0 Å². The summed E-state index contributed by atoms with van der Waals surface area (Å²) in [6.07, 6.45) is 1.56. The topological polar surface area (TPSA) is 97.0 Å². The zero-order valence-electron chi connectivity index (χ0n) is 16.6. The molecule has 2 aliphatic heterocycles. The normalized spacial score (nSPS) is 21.1. The number of nitrogens with one attached hydrogen (secondary N) is 2. The summed E-state index contributed by atoms with van der Waals surface area (Å²) < 4.78 is 11.5. The quantitative estimate of drug-likeness (QED) is 0.471. The fourth-order valence-corrected chi connectivity index (χ4v) is 4.00. The zero-order chi connectivity index (χ0) is 21.7. The van der Waals surface area contributed by atoms with Crippen LogP contribution in [0.4, 0.5) is 0 Å². The van der Waals surface area contributed by atoms with Crippen LogP contribution in [-0.4, -0.2) is 66.2 Å². The summed E-state index contributed by atoms with van der Waals surface area (Å²) in [5, 5.41) is 5.49. The van der Waals surface area contributed by atoms with Gasteiger partial charge in [0.25, 0.3) is 5.91 Å². The molecule has 2 N–H and O–H groups in total. The molecule has 10 heteroatoms. The lowest BCUT2D eigenvalue weighted by Crippen LogP contribution is -2.60. The van der Waals surface area contributed by atoms with Crippen molar-refractivity contribution in [3.8, 4) is 0 Å². The van der Waals surface area contributed by atoms with Gasteiger partial charge < -0.3 is 19.7 Å². The number of halogens is 1. The van der Waals surface area contributed by atoms with Crippen molar-refractivity contribution in [1.29, 1.82) is 0 Å². The lowest BCUT2D eigenvalue weighted by atomic mass is 10.1. The van der Waals surface area contributed by atoms with Crippen LogP contribution in [0.2, 0.25) is 0 Å². The van der Waals surface area contributed by atoms with E-state index >= 15 is 0 Å². The van der Waals surface area contributed by atoms with Crippen LogP contribution in [-0.2, 0) is 19.1 Å². The Balaban J connectivity index is 1.60. The number of thiocarbonyl (C=S) groups is 1. The molecular weight excluding hydrogens is 474 g/mol. The van der Waals surface area contributed by atoms with Gasteiger partial charge in [0, 0.05) is 29.7 Å². The number of aryl methyl sites for hydroxylation is 1. The van der Waals surface area contributed by atoms with Gasteiger partial charge in [-0.1, -0.05) is 22.0 Å². The first-order chi connectivity index (χ1) is 14.3. The smallest absolute Gasteiger partial charge is 0.308 e. The van der Waals surface area contributed by atoms with Crippen molar-refractivity contribution >= 4 is 51.0 Å². The highest BCUT2D eigenvalue weighted by atomic mass is 79.9. The molecular formula is C20H24BrN3O5S. The molecule has 2 heterocycles. The largest absolute Gasteiger partial charge is 0.463 e. The summed E-state index contributed by atoms with van der Waals surface area (Å²) in [6.45, 7) is 3.52. The molecule has 1 aromatic rings. The summed E-state index contributed by atoms with van der Waals surface area (Å²) in [4.78, 5) is 38.8. The lowest BCUT2D eigenvalue weighted by Gasteiger charge is -2.36. The molecule has 0 radical (unpaired) electrons. The van der Waals surface area contributed by atoms with Crippen molar-refractivity contribution in [2.75, 3.05) is 26.3 Å². The van der Waals surface area contributed by atoms with Gasteiger partial charge in [-0.05, 0) is 49.7 Å². The Morgan fingerprint density at radius 1 is 1.43 bits per heavy atom. The highest BCUT2D eigenvalue weighted by Crippen LogP contribution is 2.18. The Kier molecular flexibility index (Phi) is 7.79. The molecule has 2 amide bonds. The van der Waals surface area contributed by atoms with Crippen LogP contribution < -0.4 is 10.6 Å². The minimum absolute atomic E-state index is 0.0839. The number of carbonyl (C=O) groups excluding carboxylic acids is 3. The molecule has 0 bridgehead atoms. The van der Waals surface area contributed by atoms with Crippen LogP contribution in [0, 0.1) is 6.92 Å². The molecule has 2 atom stereocenters. The van der Waals surface area contributed by atoms with Crippen molar-refractivity contribution in [1.82, 2.24) is 15.5 Å². The van der Waals surface area contributed by atoms with Crippen LogP contribution in [0.5, 0.6) is 0 Å². The van der Waals surface area contributed by atoms with E-state index in [4.69, 9.17) is 21.7 Å². The van der Waals surface area contributed by atoms with Gasteiger partial charge in [-0.25, -0.2) is 0 Å². The third-order valence-electron chi connectivity index (χ3n) is 5.06. The SMILES string of the molecule is Cc1ccc(C(=O)NC(=S)N2CCNC(=O)C2CC(=O)OCC2CCCO2)cc1Br. The Bertz CT molecular complexity index is 844. The van der Waals surface area contributed by atoms with Crippen molar-refractivity contribution in [3.63, 3.8) is 0 Å². The van der Waals surface area contributed by atoms with Crippen LogP contribution >= 0.6 is 28.1 Å². The van der Waals surface area contributed by atoms with E-state index in [1.807, 2.05) is 13.0 Å². The maximum atomic E-state index is 12.6. The molecule has 3 rings (SSSR count). The molecule has 2 saturated heterocycles. The molecule has 2 fully saturated rings. The first kappa shape index (κ1) is 22.6. The number of benzene rings is 1. The maximum absolute atomic E-state index is 12.6. The van der Waals surface area contributed by atoms with Crippen molar-refractivity contribution in [3.05, 3.63) is 33.8 Å². The second-order valence-electron chi connectivity index (χ2n) is 7.25. The monoisotopic (exact) mass is 497 g/mol. The molecule has 0 saturated carbocycles. The second kappa shape index (κ2) is 10.3. The molecule has 1 aromatic carbocycles. The summed E-state index contributed by atoms with van der Waals surface area (Å²) in [7, 11) is 0. The van der Waals surface area contributed by atoms with Gasteiger partial charge in [-0.3, -0.25) is 19.7 Å². The van der Waals surface area contributed by atoms with E-state index in [9.17, 15) is 14.4 Å². The Morgan fingerprint density at radius 2 is 2.23 bits per heavy atom. The fraction of sp³-hybridized carbons (Fsp3) is 0.500. The van der Waals surface area contributed by atoms with E-state index in [0.717, 1.165) is 22.9 Å². The molecule has 30 heavy (non-hydrogen) atoms. The Labute approximate surface area is 188 Å².